The molecule has 0 saturated carbocycles. The number of nitrogens with zero attached hydrogens (tertiary/aromatic N) is 1. The summed E-state index contributed by atoms with van der Waals surface area (Å²) in [5.41, 5.74) is 1.95. The van der Waals surface area contributed by atoms with Gasteiger partial charge >= 0.3 is 11.8 Å². The summed E-state index contributed by atoms with van der Waals surface area (Å²) in [7, 11) is 0. The second kappa shape index (κ2) is 5.85. The Hall–Kier alpha value is -2.66. The maximum absolute atomic E-state index is 12.5. The zero-order valence-electron chi connectivity index (χ0n) is 12.2. The van der Waals surface area contributed by atoms with Gasteiger partial charge in [-0.2, -0.15) is 0 Å². The molecular formula is C17H13ClN2O3. The van der Waals surface area contributed by atoms with Gasteiger partial charge in [0.05, 0.1) is 0 Å². The number of nitrogens with one attached hydrogen (secondary N) is 1. The fourth-order valence-corrected chi connectivity index (χ4v) is 2.43. The van der Waals surface area contributed by atoms with Crippen LogP contribution in [0.3, 0.4) is 0 Å². The third-order valence-corrected chi connectivity index (χ3v) is 3.65. The molecule has 1 heterocycles. The number of benzene rings is 2. The molecule has 2 aromatic rings. The number of carbonyl (C=O) groups excluding carboxylic acids is 2. The monoisotopic (exact) mass is 328 g/mol. The second-order valence-corrected chi connectivity index (χ2v) is 5.59. The van der Waals surface area contributed by atoms with Crippen molar-refractivity contribution in [3.05, 3.63) is 70.2 Å². The Morgan fingerprint density at radius 2 is 1.96 bits per heavy atom. The highest BCUT2D eigenvalue weighted by molar-refractivity contribution is 6.31. The van der Waals surface area contributed by atoms with Crippen LogP contribution in [0.15, 0.2) is 53.5 Å². The molecule has 1 unspecified atom stereocenters. The van der Waals surface area contributed by atoms with Crippen molar-refractivity contribution in [1.29, 1.82) is 0 Å². The van der Waals surface area contributed by atoms with Crippen molar-refractivity contribution >= 4 is 29.7 Å². The Labute approximate surface area is 137 Å². The zero-order chi connectivity index (χ0) is 16.4. The van der Waals surface area contributed by atoms with E-state index in [1.807, 2.05) is 19.1 Å². The van der Waals surface area contributed by atoms with E-state index >= 15 is 0 Å². The molecule has 0 bridgehead atoms. The van der Waals surface area contributed by atoms with Gasteiger partial charge in [-0.3, -0.25) is 10.1 Å². The lowest BCUT2D eigenvalue weighted by Crippen LogP contribution is -2.45. The van der Waals surface area contributed by atoms with E-state index < -0.39 is 17.7 Å². The molecule has 23 heavy (non-hydrogen) atoms. The number of ether oxygens (including phenoxy) is 1. The third-order valence-electron chi connectivity index (χ3n) is 3.41. The molecule has 116 valence electrons. The van der Waals surface area contributed by atoms with Crippen LogP contribution in [-0.2, 0) is 15.4 Å². The quantitative estimate of drug-likeness (QED) is 0.881. The lowest BCUT2D eigenvalue weighted by Gasteiger charge is -2.26. The maximum Gasteiger partial charge on any atom is 0.352 e. The van der Waals surface area contributed by atoms with E-state index in [1.165, 1.54) is 6.07 Å². The first-order chi connectivity index (χ1) is 11.0. The lowest BCUT2D eigenvalue weighted by atomic mass is 10.1. The number of amides is 1. The second-order valence-electron chi connectivity index (χ2n) is 5.15. The van der Waals surface area contributed by atoms with Crippen LogP contribution in [-0.4, -0.2) is 18.1 Å². The van der Waals surface area contributed by atoms with Crippen molar-refractivity contribution in [1.82, 2.24) is 5.32 Å². The normalized spacial score (nSPS) is 19.5. The van der Waals surface area contributed by atoms with Gasteiger partial charge in [0.15, 0.2) is 0 Å². The highest BCUT2D eigenvalue weighted by atomic mass is 35.5. The summed E-state index contributed by atoms with van der Waals surface area (Å²) in [5, 5.41) is 3.10. The number of halogens is 1. The summed E-state index contributed by atoms with van der Waals surface area (Å²) < 4.78 is 5.27. The molecular weight excluding hydrogens is 316 g/mol. The van der Waals surface area contributed by atoms with Crippen LogP contribution < -0.4 is 5.32 Å². The van der Waals surface area contributed by atoms with Gasteiger partial charge in [-0.1, -0.05) is 47.5 Å². The Kier molecular flexibility index (Phi) is 3.88. The van der Waals surface area contributed by atoms with Crippen molar-refractivity contribution in [2.24, 2.45) is 4.99 Å². The van der Waals surface area contributed by atoms with Crippen molar-refractivity contribution in [2.75, 3.05) is 0 Å². The number of carbonyl (C=O) groups is 2. The molecule has 6 heteroatoms. The van der Waals surface area contributed by atoms with Crippen molar-refractivity contribution in [2.45, 2.75) is 12.8 Å². The molecule has 1 atom stereocenters. The minimum atomic E-state index is -1.55. The number of rotatable bonds is 3. The molecule has 2 aromatic carbocycles. The number of cyclic esters (lactones) is 1. The Morgan fingerprint density at radius 1 is 1.22 bits per heavy atom. The first kappa shape index (κ1) is 15.2. The van der Waals surface area contributed by atoms with Crippen LogP contribution in [0.1, 0.15) is 21.5 Å². The number of aliphatic imine (C=N–C) groups is 1. The molecule has 0 aliphatic carbocycles. The summed E-state index contributed by atoms with van der Waals surface area (Å²) in [6.45, 7) is 1.94. The average molecular weight is 329 g/mol. The van der Waals surface area contributed by atoms with E-state index in [1.54, 1.807) is 30.3 Å². The van der Waals surface area contributed by atoms with E-state index in [2.05, 4.69) is 10.3 Å². The van der Waals surface area contributed by atoms with Gasteiger partial charge in [-0.05, 0) is 25.1 Å². The van der Waals surface area contributed by atoms with Gasteiger partial charge in [0.25, 0.3) is 5.91 Å². The highest BCUT2D eigenvalue weighted by Crippen LogP contribution is 2.28. The highest BCUT2D eigenvalue weighted by Gasteiger charge is 2.41. The van der Waals surface area contributed by atoms with E-state index in [9.17, 15) is 9.59 Å². The molecule has 0 saturated heterocycles. The predicted molar refractivity (Wildman–Crippen MR) is 86.4 cm³/mol. The summed E-state index contributed by atoms with van der Waals surface area (Å²) in [6, 6.07) is 13.7. The van der Waals surface area contributed by atoms with Crippen molar-refractivity contribution in [3.8, 4) is 0 Å². The van der Waals surface area contributed by atoms with Crippen molar-refractivity contribution < 1.29 is 14.3 Å². The van der Waals surface area contributed by atoms with E-state index in [4.69, 9.17) is 16.3 Å². The average Bonchev–Trinajstić information content (AvgIpc) is 2.90. The van der Waals surface area contributed by atoms with E-state index in [0.29, 0.717) is 16.1 Å². The molecule has 1 aliphatic rings. The molecule has 1 N–H and O–H groups in total. The van der Waals surface area contributed by atoms with Crippen LogP contribution in [0.25, 0.3) is 0 Å². The smallest absolute Gasteiger partial charge is 0.352 e. The number of hydrogen-bond donors (Lipinski definition) is 1. The van der Waals surface area contributed by atoms with Gasteiger partial charge in [-0.25, -0.2) is 9.79 Å². The SMILES string of the molecule is Cc1ccc(C2(NC(=O)c3cccc(Cl)c3)N=CC(=O)O2)cc1. The van der Waals surface area contributed by atoms with Crippen LogP contribution in [0, 0.1) is 6.92 Å². The van der Waals surface area contributed by atoms with Gasteiger partial charge in [0.2, 0.25) is 0 Å². The number of aryl methyl sites for hydroxylation is 1. The van der Waals surface area contributed by atoms with Gasteiger partial charge < -0.3 is 4.74 Å². The zero-order valence-corrected chi connectivity index (χ0v) is 13.0. The van der Waals surface area contributed by atoms with Gasteiger partial charge in [0.1, 0.15) is 6.21 Å². The van der Waals surface area contributed by atoms with Crippen LogP contribution >= 0.6 is 11.6 Å². The van der Waals surface area contributed by atoms with Gasteiger partial charge in [-0.15, -0.1) is 0 Å². The van der Waals surface area contributed by atoms with E-state index in [-0.39, 0.29) is 0 Å². The first-order valence-electron chi connectivity index (χ1n) is 6.92. The van der Waals surface area contributed by atoms with Gasteiger partial charge in [0, 0.05) is 16.1 Å². The van der Waals surface area contributed by atoms with Crippen LogP contribution in [0.5, 0.6) is 0 Å². The number of hydrogen-bond acceptors (Lipinski definition) is 4. The standard InChI is InChI=1S/C17H13ClN2O3/c1-11-5-7-13(8-6-11)17(19-10-15(21)23-17)20-16(22)12-3-2-4-14(18)9-12/h2-10H,1H3,(H,20,22). The predicted octanol–water partition coefficient (Wildman–Crippen LogP) is 2.82. The topological polar surface area (TPSA) is 67.8 Å². The van der Waals surface area contributed by atoms with E-state index in [0.717, 1.165) is 11.8 Å². The largest absolute Gasteiger partial charge is 0.409 e. The molecule has 3 rings (SSSR count). The molecule has 0 fully saturated rings. The lowest BCUT2D eigenvalue weighted by molar-refractivity contribution is -0.149. The molecule has 5 nitrogen and oxygen atoms in total. The Balaban J connectivity index is 1.94. The maximum atomic E-state index is 12.5. The summed E-state index contributed by atoms with van der Waals surface area (Å²) in [6.07, 6.45) is 1.05. The Bertz CT molecular complexity index is 802. The van der Waals surface area contributed by atoms with Crippen molar-refractivity contribution in [3.63, 3.8) is 0 Å². The minimum absolute atomic E-state index is 0.349. The first-order valence-corrected chi connectivity index (χ1v) is 7.30. The Morgan fingerprint density at radius 3 is 2.57 bits per heavy atom. The fourth-order valence-electron chi connectivity index (χ4n) is 2.24. The van der Waals surface area contributed by atoms with Crippen LogP contribution in [0.2, 0.25) is 5.02 Å². The summed E-state index contributed by atoms with van der Waals surface area (Å²) >= 11 is 5.90. The molecule has 1 amide bonds. The molecule has 0 radical (unpaired) electrons. The summed E-state index contributed by atoms with van der Waals surface area (Å²) in [4.78, 5) is 28.1. The molecule has 0 aromatic heterocycles. The van der Waals surface area contributed by atoms with Crippen LogP contribution in [0.4, 0.5) is 0 Å². The molecule has 1 aliphatic heterocycles. The fraction of sp³-hybridized carbons (Fsp3) is 0.118. The number of esters is 1. The summed E-state index contributed by atoms with van der Waals surface area (Å²) in [5.74, 6) is -2.61. The molecule has 0 spiro atoms. The third kappa shape index (κ3) is 3.10. The minimum Gasteiger partial charge on any atom is -0.409 e.